The molecule has 2 N–H and O–H groups in total. The Hall–Kier alpha value is -1.18. The predicted molar refractivity (Wildman–Crippen MR) is 75.4 cm³/mol. The molecule has 2 rings (SSSR count). The monoisotopic (exact) mass is 318 g/mol. The van der Waals surface area contributed by atoms with E-state index < -0.39 is 17.6 Å². The van der Waals surface area contributed by atoms with Crippen LogP contribution in [0.25, 0.3) is 0 Å². The third-order valence-corrected chi connectivity index (χ3v) is 4.20. The van der Waals surface area contributed by atoms with Crippen LogP contribution in [0.15, 0.2) is 24.5 Å². The molecule has 1 fully saturated rings. The van der Waals surface area contributed by atoms with Crippen molar-refractivity contribution in [1.29, 1.82) is 0 Å². The zero-order valence-electron chi connectivity index (χ0n) is 12.3. The van der Waals surface area contributed by atoms with Crippen molar-refractivity contribution in [1.82, 2.24) is 10.3 Å². The molecule has 1 aromatic rings. The van der Waals surface area contributed by atoms with Crippen LogP contribution in [0.1, 0.15) is 18.4 Å². The number of nitrogens with one attached hydrogen (secondary N) is 1. The van der Waals surface area contributed by atoms with Gasteiger partial charge in [-0.15, -0.1) is 0 Å². The van der Waals surface area contributed by atoms with E-state index in [2.05, 4.69) is 10.3 Å². The van der Waals surface area contributed by atoms with Crippen molar-refractivity contribution in [3.8, 4) is 0 Å². The highest BCUT2D eigenvalue weighted by atomic mass is 19.4. The van der Waals surface area contributed by atoms with E-state index in [0.717, 1.165) is 0 Å². The average Bonchev–Trinajstić information content (AvgIpc) is 2.52. The van der Waals surface area contributed by atoms with Crippen LogP contribution in [0, 0.1) is 5.41 Å². The Balaban J connectivity index is 2.00. The van der Waals surface area contributed by atoms with Crippen LogP contribution < -0.4 is 5.32 Å². The number of aliphatic hydroxyl groups excluding tert-OH is 1. The molecule has 0 saturated carbocycles. The fraction of sp³-hybridized carbons (Fsp3) is 0.667. The highest BCUT2D eigenvalue weighted by Gasteiger charge is 2.41. The molecule has 0 amide bonds. The first-order chi connectivity index (χ1) is 10.5. The van der Waals surface area contributed by atoms with E-state index in [4.69, 9.17) is 4.74 Å². The lowest BCUT2D eigenvalue weighted by Gasteiger charge is -2.37. The molecular formula is C15H21F3N2O2. The van der Waals surface area contributed by atoms with E-state index in [-0.39, 0.29) is 19.6 Å². The van der Waals surface area contributed by atoms with Gasteiger partial charge in [0.05, 0.1) is 6.61 Å². The number of ether oxygens (including phenoxy) is 1. The van der Waals surface area contributed by atoms with Gasteiger partial charge in [-0.1, -0.05) is 0 Å². The molecule has 1 aliphatic rings. The Morgan fingerprint density at radius 1 is 1.27 bits per heavy atom. The normalized spacial score (nSPS) is 19.8. The van der Waals surface area contributed by atoms with Crippen LogP contribution in [0.4, 0.5) is 13.2 Å². The van der Waals surface area contributed by atoms with E-state index in [1.165, 1.54) is 12.4 Å². The minimum Gasteiger partial charge on any atom is -0.396 e. The lowest BCUT2D eigenvalue weighted by molar-refractivity contribution is -0.158. The summed E-state index contributed by atoms with van der Waals surface area (Å²) >= 11 is 0. The number of aliphatic hydroxyl groups is 1. The number of hydrogen-bond acceptors (Lipinski definition) is 4. The maximum atomic E-state index is 13.2. The number of aromatic nitrogens is 1. The van der Waals surface area contributed by atoms with Gasteiger partial charge < -0.3 is 15.2 Å². The van der Waals surface area contributed by atoms with Crippen LogP contribution in [0.3, 0.4) is 0 Å². The minimum atomic E-state index is -4.34. The van der Waals surface area contributed by atoms with E-state index >= 15 is 0 Å². The molecule has 1 atom stereocenters. The number of nitrogens with zero attached hydrogens (tertiary/aromatic N) is 1. The van der Waals surface area contributed by atoms with Crippen LogP contribution in [0.5, 0.6) is 0 Å². The third-order valence-electron chi connectivity index (χ3n) is 4.20. The van der Waals surface area contributed by atoms with E-state index in [1.54, 1.807) is 12.1 Å². The maximum Gasteiger partial charge on any atom is 0.404 e. The first kappa shape index (κ1) is 17.2. The Bertz CT molecular complexity index is 448. The van der Waals surface area contributed by atoms with E-state index in [0.29, 0.717) is 31.6 Å². The Morgan fingerprint density at radius 2 is 1.91 bits per heavy atom. The molecule has 1 aromatic heterocycles. The second-order valence-electron chi connectivity index (χ2n) is 5.81. The molecule has 4 nitrogen and oxygen atoms in total. The van der Waals surface area contributed by atoms with Crippen molar-refractivity contribution in [2.75, 3.05) is 26.4 Å². The molecule has 7 heteroatoms. The van der Waals surface area contributed by atoms with Crippen LogP contribution >= 0.6 is 0 Å². The Labute approximate surface area is 127 Å². The van der Waals surface area contributed by atoms with Gasteiger partial charge in [0.25, 0.3) is 0 Å². The lowest BCUT2D eigenvalue weighted by Crippen LogP contribution is -2.50. The maximum absolute atomic E-state index is 13.2. The van der Waals surface area contributed by atoms with Crippen molar-refractivity contribution < 1.29 is 23.0 Å². The second-order valence-corrected chi connectivity index (χ2v) is 5.81. The van der Waals surface area contributed by atoms with Gasteiger partial charge in [-0.05, 0) is 37.0 Å². The quantitative estimate of drug-likeness (QED) is 0.842. The second kappa shape index (κ2) is 7.39. The summed E-state index contributed by atoms with van der Waals surface area (Å²) in [4.78, 5) is 3.81. The van der Waals surface area contributed by atoms with Crippen LogP contribution in [0.2, 0.25) is 0 Å². The number of rotatable bonds is 6. The fourth-order valence-corrected chi connectivity index (χ4v) is 2.59. The van der Waals surface area contributed by atoms with Gasteiger partial charge in [0, 0.05) is 37.6 Å². The predicted octanol–water partition coefficient (Wildman–Crippen LogP) is 1.93. The topological polar surface area (TPSA) is 54.4 Å². The van der Waals surface area contributed by atoms with Gasteiger partial charge in [-0.2, -0.15) is 13.2 Å². The molecule has 1 saturated heterocycles. The average molecular weight is 318 g/mol. The number of alkyl halides is 3. The Kier molecular flexibility index (Phi) is 5.77. The summed E-state index contributed by atoms with van der Waals surface area (Å²) in [5.41, 5.74) is 0.0508. The van der Waals surface area contributed by atoms with Crippen molar-refractivity contribution in [2.45, 2.75) is 31.5 Å². The van der Waals surface area contributed by atoms with E-state index in [9.17, 15) is 18.3 Å². The van der Waals surface area contributed by atoms with Crippen molar-refractivity contribution in [2.24, 2.45) is 5.41 Å². The first-order valence-corrected chi connectivity index (χ1v) is 7.33. The Morgan fingerprint density at radius 3 is 2.45 bits per heavy atom. The summed E-state index contributed by atoms with van der Waals surface area (Å²) in [5, 5.41) is 12.2. The molecule has 0 aliphatic carbocycles. The highest BCUT2D eigenvalue weighted by Crippen LogP contribution is 2.31. The molecule has 0 radical (unpaired) electrons. The zero-order valence-corrected chi connectivity index (χ0v) is 12.3. The largest absolute Gasteiger partial charge is 0.404 e. The third kappa shape index (κ3) is 4.66. The summed E-state index contributed by atoms with van der Waals surface area (Å²) in [6.07, 6.45) is -0.394. The molecule has 124 valence electrons. The summed E-state index contributed by atoms with van der Waals surface area (Å²) in [5.74, 6) is 0. The van der Waals surface area contributed by atoms with Gasteiger partial charge in [0.1, 0.15) is 6.04 Å². The molecule has 22 heavy (non-hydrogen) atoms. The van der Waals surface area contributed by atoms with Gasteiger partial charge in [0.2, 0.25) is 0 Å². The molecule has 0 aromatic carbocycles. The number of halogens is 3. The summed E-state index contributed by atoms with van der Waals surface area (Å²) in [6.45, 7) is 0.942. The lowest BCUT2D eigenvalue weighted by atomic mass is 9.80. The van der Waals surface area contributed by atoms with Crippen LogP contribution in [-0.2, 0) is 11.2 Å². The van der Waals surface area contributed by atoms with Crippen LogP contribution in [-0.4, -0.2) is 48.7 Å². The zero-order chi connectivity index (χ0) is 16.1. The molecule has 0 bridgehead atoms. The van der Waals surface area contributed by atoms with Gasteiger partial charge in [-0.25, -0.2) is 0 Å². The highest BCUT2D eigenvalue weighted by molar-refractivity contribution is 5.12. The van der Waals surface area contributed by atoms with Gasteiger partial charge in [-0.3, -0.25) is 4.98 Å². The van der Waals surface area contributed by atoms with Crippen molar-refractivity contribution >= 4 is 0 Å². The summed E-state index contributed by atoms with van der Waals surface area (Å²) in [7, 11) is 0. The smallest absolute Gasteiger partial charge is 0.396 e. The number of pyridine rings is 1. The molecule has 1 aliphatic heterocycles. The van der Waals surface area contributed by atoms with Gasteiger partial charge in [0.15, 0.2) is 0 Å². The molecule has 2 heterocycles. The first-order valence-electron chi connectivity index (χ1n) is 7.33. The molecular weight excluding hydrogens is 297 g/mol. The van der Waals surface area contributed by atoms with Gasteiger partial charge >= 0.3 is 6.18 Å². The molecule has 1 unspecified atom stereocenters. The SMILES string of the molecule is OCC1(CNC(Cc2ccncc2)C(F)(F)F)CCOCC1. The summed E-state index contributed by atoms with van der Waals surface area (Å²) in [6, 6.07) is 1.52. The van der Waals surface area contributed by atoms with Crippen molar-refractivity contribution in [3.05, 3.63) is 30.1 Å². The minimum absolute atomic E-state index is 0.127. The summed E-state index contributed by atoms with van der Waals surface area (Å²) < 4.78 is 44.9. The molecule has 0 spiro atoms. The standard InChI is InChI=1S/C15H21F3N2O2/c16-15(17,18)13(9-12-1-5-19-6-2-12)20-10-14(11-21)3-7-22-8-4-14/h1-2,5-6,13,20-21H,3-4,7-11H2. The van der Waals surface area contributed by atoms with E-state index in [1.807, 2.05) is 0 Å². The van der Waals surface area contributed by atoms with Crippen molar-refractivity contribution in [3.63, 3.8) is 0 Å². The fourth-order valence-electron chi connectivity index (χ4n) is 2.59. The number of hydrogen-bond donors (Lipinski definition) is 2.